The largest absolute Gasteiger partial charge is 0.497 e. The minimum absolute atomic E-state index is 0.298. The Morgan fingerprint density at radius 1 is 0.929 bits per heavy atom. The van der Waals surface area contributed by atoms with Crippen molar-refractivity contribution >= 4 is 10.0 Å². The van der Waals surface area contributed by atoms with Gasteiger partial charge in [-0.2, -0.15) is 4.31 Å². The summed E-state index contributed by atoms with van der Waals surface area (Å²) in [6.45, 7) is 6.21. The lowest BCUT2D eigenvalue weighted by molar-refractivity contribution is 0.389. The predicted octanol–water partition coefficient (Wildman–Crippen LogP) is 4.39. The number of methoxy groups -OCH3 is 2. The van der Waals surface area contributed by atoms with Crippen LogP contribution in [0.3, 0.4) is 0 Å². The summed E-state index contributed by atoms with van der Waals surface area (Å²) in [6.07, 6.45) is 2.64. The van der Waals surface area contributed by atoms with E-state index in [0.717, 1.165) is 22.6 Å². The Bertz CT molecular complexity index is 796. The standard InChI is InChI=1S/C22H29NO4S/c1-5-7-22(6-2)28(24,25)23(16-18-8-12-20(26-3)13-9-18)17-19-10-14-21(27-4)15-11-19/h5,8-15,22H,1,6-7,16-17H2,2-4H3/t22-/m0/s1. The van der Waals surface area contributed by atoms with E-state index >= 15 is 0 Å². The molecule has 6 heteroatoms. The first-order chi connectivity index (χ1) is 13.4. The Hall–Kier alpha value is -2.31. The molecule has 5 nitrogen and oxygen atoms in total. The third-order valence-electron chi connectivity index (χ3n) is 4.70. The molecular formula is C22H29NO4S. The van der Waals surface area contributed by atoms with E-state index in [1.807, 2.05) is 55.5 Å². The lowest BCUT2D eigenvalue weighted by Gasteiger charge is -2.27. The van der Waals surface area contributed by atoms with Crippen LogP contribution < -0.4 is 9.47 Å². The zero-order valence-corrected chi connectivity index (χ0v) is 17.6. The molecule has 0 fully saturated rings. The van der Waals surface area contributed by atoms with Gasteiger partial charge in [-0.25, -0.2) is 8.42 Å². The smallest absolute Gasteiger partial charge is 0.217 e. The van der Waals surface area contributed by atoms with E-state index in [1.165, 1.54) is 0 Å². The van der Waals surface area contributed by atoms with Crippen molar-refractivity contribution in [2.75, 3.05) is 14.2 Å². The first kappa shape index (κ1) is 22.0. The van der Waals surface area contributed by atoms with E-state index in [2.05, 4.69) is 6.58 Å². The summed E-state index contributed by atoms with van der Waals surface area (Å²) >= 11 is 0. The zero-order valence-electron chi connectivity index (χ0n) is 16.8. The van der Waals surface area contributed by atoms with Gasteiger partial charge < -0.3 is 9.47 Å². The Kier molecular flexibility index (Phi) is 8.08. The molecule has 0 unspecified atom stereocenters. The van der Waals surface area contributed by atoms with Crippen molar-refractivity contribution in [3.8, 4) is 11.5 Å². The molecule has 0 N–H and O–H groups in total. The minimum atomic E-state index is -3.50. The van der Waals surface area contributed by atoms with E-state index in [-0.39, 0.29) is 0 Å². The number of nitrogens with zero attached hydrogens (tertiary/aromatic N) is 1. The van der Waals surface area contributed by atoms with Gasteiger partial charge in [0.05, 0.1) is 19.5 Å². The molecule has 2 rings (SSSR count). The highest BCUT2D eigenvalue weighted by Crippen LogP contribution is 2.23. The van der Waals surface area contributed by atoms with Gasteiger partial charge in [-0.05, 0) is 48.2 Å². The van der Waals surface area contributed by atoms with E-state index in [4.69, 9.17) is 9.47 Å². The van der Waals surface area contributed by atoms with Crippen LogP contribution in [-0.4, -0.2) is 32.2 Å². The van der Waals surface area contributed by atoms with Gasteiger partial charge in [0.15, 0.2) is 0 Å². The summed E-state index contributed by atoms with van der Waals surface area (Å²) < 4.78 is 38.6. The van der Waals surface area contributed by atoms with Crippen LogP contribution in [0.5, 0.6) is 11.5 Å². The molecule has 0 amide bonds. The number of ether oxygens (including phenoxy) is 2. The molecule has 0 aliphatic heterocycles. The van der Waals surface area contributed by atoms with Crippen molar-refractivity contribution in [3.05, 3.63) is 72.3 Å². The van der Waals surface area contributed by atoms with Gasteiger partial charge in [0.1, 0.15) is 11.5 Å². The first-order valence-corrected chi connectivity index (χ1v) is 10.8. The Morgan fingerprint density at radius 2 is 1.36 bits per heavy atom. The molecule has 0 aliphatic rings. The summed E-state index contributed by atoms with van der Waals surface area (Å²) in [5.74, 6) is 1.48. The Labute approximate surface area is 168 Å². The fraction of sp³-hybridized carbons (Fsp3) is 0.364. The highest BCUT2D eigenvalue weighted by atomic mass is 32.2. The second-order valence-corrected chi connectivity index (χ2v) is 8.78. The van der Waals surface area contributed by atoms with Crippen molar-refractivity contribution < 1.29 is 17.9 Å². The number of benzene rings is 2. The number of hydrogen-bond acceptors (Lipinski definition) is 4. The molecule has 0 radical (unpaired) electrons. The van der Waals surface area contributed by atoms with Crippen LogP contribution >= 0.6 is 0 Å². The summed E-state index contributed by atoms with van der Waals surface area (Å²) in [6, 6.07) is 14.9. The zero-order chi connectivity index (χ0) is 20.6. The van der Waals surface area contributed by atoms with Crippen LogP contribution in [0.15, 0.2) is 61.2 Å². The third-order valence-corrected chi connectivity index (χ3v) is 7.05. The van der Waals surface area contributed by atoms with Gasteiger partial charge in [-0.3, -0.25) is 0 Å². The van der Waals surface area contributed by atoms with Gasteiger partial charge in [-0.1, -0.05) is 37.3 Å². The first-order valence-electron chi connectivity index (χ1n) is 9.30. The maximum Gasteiger partial charge on any atom is 0.217 e. The van der Waals surface area contributed by atoms with Crippen LogP contribution in [0.4, 0.5) is 0 Å². The molecule has 2 aromatic rings. The Balaban J connectivity index is 2.33. The van der Waals surface area contributed by atoms with Gasteiger partial charge >= 0.3 is 0 Å². The second-order valence-electron chi connectivity index (χ2n) is 6.56. The summed E-state index contributed by atoms with van der Waals surface area (Å²) in [7, 11) is -0.288. The van der Waals surface area contributed by atoms with Crippen molar-refractivity contribution in [1.82, 2.24) is 4.31 Å². The van der Waals surface area contributed by atoms with E-state index in [1.54, 1.807) is 24.6 Å². The number of sulfonamides is 1. The van der Waals surface area contributed by atoms with Gasteiger partial charge in [0.2, 0.25) is 10.0 Å². The SMILES string of the molecule is C=CC[C@H](CC)S(=O)(=O)N(Cc1ccc(OC)cc1)Cc1ccc(OC)cc1. The number of allylic oxidation sites excluding steroid dienone is 1. The lowest BCUT2D eigenvalue weighted by atomic mass is 10.2. The van der Waals surface area contributed by atoms with Crippen molar-refractivity contribution in [2.24, 2.45) is 0 Å². The van der Waals surface area contributed by atoms with Gasteiger partial charge in [0.25, 0.3) is 0 Å². The van der Waals surface area contributed by atoms with Crippen LogP contribution in [0.25, 0.3) is 0 Å². The van der Waals surface area contributed by atoms with Gasteiger partial charge in [0, 0.05) is 13.1 Å². The van der Waals surface area contributed by atoms with E-state index in [9.17, 15) is 8.42 Å². The highest BCUT2D eigenvalue weighted by molar-refractivity contribution is 7.89. The second kappa shape index (κ2) is 10.3. The van der Waals surface area contributed by atoms with Crippen LogP contribution in [-0.2, 0) is 23.1 Å². The molecule has 28 heavy (non-hydrogen) atoms. The van der Waals surface area contributed by atoms with Gasteiger partial charge in [-0.15, -0.1) is 6.58 Å². The topological polar surface area (TPSA) is 55.8 Å². The molecule has 1 atom stereocenters. The normalized spacial score (nSPS) is 12.6. The Morgan fingerprint density at radius 3 is 1.68 bits per heavy atom. The van der Waals surface area contributed by atoms with E-state index in [0.29, 0.717) is 25.9 Å². The highest BCUT2D eigenvalue weighted by Gasteiger charge is 2.30. The third kappa shape index (κ3) is 5.59. The summed E-state index contributed by atoms with van der Waals surface area (Å²) in [5.41, 5.74) is 1.82. The van der Waals surface area contributed by atoms with Crippen LogP contribution in [0, 0.1) is 0 Å². The molecule has 0 aromatic heterocycles. The maximum atomic E-state index is 13.3. The monoisotopic (exact) mass is 403 g/mol. The molecule has 0 saturated heterocycles. The summed E-state index contributed by atoms with van der Waals surface area (Å²) in [5, 5.41) is -0.485. The molecular weight excluding hydrogens is 374 g/mol. The van der Waals surface area contributed by atoms with Crippen LogP contribution in [0.2, 0.25) is 0 Å². The molecule has 0 aliphatic carbocycles. The average molecular weight is 404 g/mol. The minimum Gasteiger partial charge on any atom is -0.497 e. The van der Waals surface area contributed by atoms with E-state index < -0.39 is 15.3 Å². The molecule has 0 saturated carbocycles. The number of rotatable bonds is 11. The average Bonchev–Trinajstić information content (AvgIpc) is 2.72. The predicted molar refractivity (Wildman–Crippen MR) is 113 cm³/mol. The quantitative estimate of drug-likeness (QED) is 0.522. The fourth-order valence-corrected chi connectivity index (χ4v) is 4.88. The molecule has 0 heterocycles. The molecule has 0 spiro atoms. The lowest BCUT2D eigenvalue weighted by Crippen LogP contribution is -2.37. The molecule has 152 valence electrons. The van der Waals surface area contributed by atoms with Crippen molar-refractivity contribution in [1.29, 1.82) is 0 Å². The van der Waals surface area contributed by atoms with Crippen LogP contribution in [0.1, 0.15) is 30.9 Å². The summed E-state index contributed by atoms with van der Waals surface area (Å²) in [4.78, 5) is 0. The molecule has 0 bridgehead atoms. The maximum absolute atomic E-state index is 13.3. The molecule has 2 aromatic carbocycles. The van der Waals surface area contributed by atoms with Crippen molar-refractivity contribution in [2.45, 2.75) is 38.1 Å². The fourth-order valence-electron chi connectivity index (χ4n) is 3.00. The van der Waals surface area contributed by atoms with Crippen molar-refractivity contribution in [3.63, 3.8) is 0 Å². The number of hydrogen-bond donors (Lipinski definition) is 0.